The first-order valence-corrected chi connectivity index (χ1v) is 6.33. The molecule has 0 aliphatic carbocycles. The topological polar surface area (TPSA) is 53.6 Å². The van der Waals surface area contributed by atoms with E-state index in [0.717, 1.165) is 32.5 Å². The molecule has 1 fully saturated rings. The van der Waals surface area contributed by atoms with Crippen LogP contribution in [-0.4, -0.2) is 63.3 Å². The minimum atomic E-state index is 0.101. The molecule has 5 heteroatoms. The molecule has 0 saturated carbocycles. The molecular weight excluding hydrogens is 218 g/mol. The fourth-order valence-corrected chi connectivity index (χ4v) is 2.24. The van der Waals surface area contributed by atoms with Gasteiger partial charge in [0.1, 0.15) is 0 Å². The smallest absolute Gasteiger partial charge is 0.233 e. The minimum absolute atomic E-state index is 0.101. The van der Waals surface area contributed by atoms with Gasteiger partial charge in [0.15, 0.2) is 0 Å². The summed E-state index contributed by atoms with van der Waals surface area (Å²) in [6.45, 7) is 5.39. The molecule has 0 bridgehead atoms. The van der Waals surface area contributed by atoms with E-state index in [-0.39, 0.29) is 5.91 Å². The molecule has 0 spiro atoms. The molecule has 1 amide bonds. The third-order valence-corrected chi connectivity index (χ3v) is 3.17. The lowest BCUT2D eigenvalue weighted by molar-refractivity contribution is -0.122. The lowest BCUT2D eigenvalue weighted by Gasteiger charge is -2.33. The van der Waals surface area contributed by atoms with Crippen LogP contribution in [0.1, 0.15) is 19.8 Å². The van der Waals surface area contributed by atoms with Crippen LogP contribution in [0.3, 0.4) is 0 Å². The summed E-state index contributed by atoms with van der Waals surface area (Å²) in [4.78, 5) is 13.4. The van der Waals surface area contributed by atoms with Crippen molar-refractivity contribution in [2.24, 2.45) is 0 Å². The Bertz CT molecular complexity index is 228. The van der Waals surface area contributed by atoms with Gasteiger partial charge in [0.2, 0.25) is 5.91 Å². The van der Waals surface area contributed by atoms with Gasteiger partial charge in [-0.3, -0.25) is 9.69 Å². The van der Waals surface area contributed by atoms with Crippen LogP contribution in [0, 0.1) is 0 Å². The summed E-state index contributed by atoms with van der Waals surface area (Å²) in [5.41, 5.74) is 0. The monoisotopic (exact) mass is 243 g/mol. The Labute approximate surface area is 104 Å². The Kier molecular flexibility index (Phi) is 6.47. The number of amides is 1. The summed E-state index contributed by atoms with van der Waals surface area (Å²) < 4.78 is 5.11. The van der Waals surface area contributed by atoms with E-state index in [1.165, 1.54) is 0 Å². The van der Waals surface area contributed by atoms with E-state index in [2.05, 4.69) is 22.5 Å². The summed E-state index contributed by atoms with van der Waals surface area (Å²) in [5, 5.41) is 6.22. The lowest BCUT2D eigenvalue weighted by atomic mass is 10.0. The Hall–Kier alpha value is -0.650. The van der Waals surface area contributed by atoms with Crippen molar-refractivity contribution in [3.63, 3.8) is 0 Å². The number of hydrogen-bond acceptors (Lipinski definition) is 4. The van der Waals surface area contributed by atoms with Crippen molar-refractivity contribution < 1.29 is 9.53 Å². The van der Waals surface area contributed by atoms with E-state index in [0.29, 0.717) is 18.6 Å². The molecule has 1 atom stereocenters. The Morgan fingerprint density at radius 2 is 2.12 bits per heavy atom. The highest BCUT2D eigenvalue weighted by Gasteiger charge is 2.21. The molecule has 17 heavy (non-hydrogen) atoms. The van der Waals surface area contributed by atoms with E-state index in [9.17, 15) is 4.79 Å². The number of carbonyl (C=O) groups excluding carboxylic acids is 1. The average molecular weight is 243 g/mol. The van der Waals surface area contributed by atoms with Gasteiger partial charge in [-0.1, -0.05) is 0 Å². The highest BCUT2D eigenvalue weighted by atomic mass is 16.5. The number of ether oxygens (including phenoxy) is 1. The van der Waals surface area contributed by atoms with Crippen molar-refractivity contribution in [1.82, 2.24) is 15.5 Å². The van der Waals surface area contributed by atoms with Crippen LogP contribution in [-0.2, 0) is 9.53 Å². The van der Waals surface area contributed by atoms with Crippen molar-refractivity contribution in [2.75, 3.05) is 40.4 Å². The van der Waals surface area contributed by atoms with Gasteiger partial charge >= 0.3 is 0 Å². The maximum atomic E-state index is 11.2. The number of carbonyl (C=O) groups is 1. The van der Waals surface area contributed by atoms with Gasteiger partial charge in [-0.25, -0.2) is 0 Å². The highest BCUT2D eigenvalue weighted by molar-refractivity contribution is 5.77. The summed E-state index contributed by atoms with van der Waals surface area (Å²) in [5.74, 6) is 0.101. The molecule has 0 aromatic carbocycles. The van der Waals surface area contributed by atoms with E-state index >= 15 is 0 Å². The second-order valence-electron chi connectivity index (χ2n) is 4.75. The molecule has 1 saturated heterocycles. The predicted octanol–water partition coefficient (Wildman–Crippen LogP) is -0.179. The predicted molar refractivity (Wildman–Crippen MR) is 68.0 cm³/mol. The number of piperidine rings is 1. The number of methoxy groups -OCH3 is 1. The van der Waals surface area contributed by atoms with Gasteiger partial charge in [-0.15, -0.1) is 0 Å². The first-order valence-electron chi connectivity index (χ1n) is 6.33. The maximum absolute atomic E-state index is 11.2. The van der Waals surface area contributed by atoms with Crippen molar-refractivity contribution in [3.05, 3.63) is 0 Å². The number of likely N-dealkylation sites (tertiary alicyclic amines) is 1. The zero-order chi connectivity index (χ0) is 12.7. The van der Waals surface area contributed by atoms with Crippen molar-refractivity contribution >= 4 is 5.91 Å². The standard InChI is InChI=1S/C12H25N3O2/c1-10(9-17-3)14-11-4-6-15(7-5-11)8-12(16)13-2/h10-11,14H,4-9H2,1-3H3,(H,13,16). The van der Waals surface area contributed by atoms with Gasteiger partial charge < -0.3 is 15.4 Å². The maximum Gasteiger partial charge on any atom is 0.233 e. The first kappa shape index (κ1) is 14.4. The second kappa shape index (κ2) is 7.63. The van der Waals surface area contributed by atoms with E-state index in [1.54, 1.807) is 14.2 Å². The molecule has 2 N–H and O–H groups in total. The first-order chi connectivity index (χ1) is 8.15. The van der Waals surface area contributed by atoms with Gasteiger partial charge in [-0.05, 0) is 19.8 Å². The number of rotatable bonds is 6. The van der Waals surface area contributed by atoms with Crippen LogP contribution >= 0.6 is 0 Å². The number of nitrogens with one attached hydrogen (secondary N) is 2. The average Bonchev–Trinajstić information content (AvgIpc) is 2.32. The van der Waals surface area contributed by atoms with Gasteiger partial charge in [-0.2, -0.15) is 0 Å². The van der Waals surface area contributed by atoms with E-state index in [1.807, 2.05) is 0 Å². The summed E-state index contributed by atoms with van der Waals surface area (Å²) in [7, 11) is 3.41. The van der Waals surface area contributed by atoms with Gasteiger partial charge in [0.05, 0.1) is 13.2 Å². The number of nitrogens with zero attached hydrogens (tertiary/aromatic N) is 1. The molecular formula is C12H25N3O2. The molecule has 1 unspecified atom stereocenters. The van der Waals surface area contributed by atoms with Crippen LogP contribution in [0.5, 0.6) is 0 Å². The summed E-state index contributed by atoms with van der Waals surface area (Å²) >= 11 is 0. The fraction of sp³-hybridized carbons (Fsp3) is 0.917. The fourth-order valence-electron chi connectivity index (χ4n) is 2.24. The Balaban J connectivity index is 2.19. The normalized spacial score (nSPS) is 20.2. The Morgan fingerprint density at radius 3 is 2.65 bits per heavy atom. The van der Waals surface area contributed by atoms with E-state index < -0.39 is 0 Å². The molecule has 100 valence electrons. The molecule has 0 aromatic heterocycles. The zero-order valence-corrected chi connectivity index (χ0v) is 11.2. The van der Waals surface area contributed by atoms with E-state index in [4.69, 9.17) is 4.74 Å². The molecule has 1 rings (SSSR count). The minimum Gasteiger partial charge on any atom is -0.383 e. The van der Waals surface area contributed by atoms with Crippen molar-refractivity contribution in [3.8, 4) is 0 Å². The summed E-state index contributed by atoms with van der Waals surface area (Å²) in [6, 6.07) is 0.955. The van der Waals surface area contributed by atoms with Gasteiger partial charge in [0, 0.05) is 39.3 Å². The molecule has 0 radical (unpaired) electrons. The largest absolute Gasteiger partial charge is 0.383 e. The highest BCUT2D eigenvalue weighted by Crippen LogP contribution is 2.10. The number of hydrogen-bond donors (Lipinski definition) is 2. The molecule has 1 heterocycles. The van der Waals surface area contributed by atoms with Gasteiger partial charge in [0.25, 0.3) is 0 Å². The van der Waals surface area contributed by atoms with Crippen molar-refractivity contribution in [2.45, 2.75) is 31.8 Å². The lowest BCUT2D eigenvalue weighted by Crippen LogP contribution is -2.48. The molecule has 5 nitrogen and oxygen atoms in total. The van der Waals surface area contributed by atoms with Crippen molar-refractivity contribution in [1.29, 1.82) is 0 Å². The quantitative estimate of drug-likeness (QED) is 0.679. The number of likely N-dealkylation sites (N-methyl/N-ethyl adjacent to an activating group) is 1. The summed E-state index contributed by atoms with van der Waals surface area (Å²) in [6.07, 6.45) is 2.20. The van der Waals surface area contributed by atoms with Crippen LogP contribution in [0.2, 0.25) is 0 Å². The Morgan fingerprint density at radius 1 is 1.47 bits per heavy atom. The molecule has 1 aliphatic rings. The van der Waals surface area contributed by atoms with Crippen LogP contribution in [0.4, 0.5) is 0 Å². The van der Waals surface area contributed by atoms with Crippen LogP contribution in [0.15, 0.2) is 0 Å². The van der Waals surface area contributed by atoms with Crippen LogP contribution < -0.4 is 10.6 Å². The molecule has 1 aliphatic heterocycles. The van der Waals surface area contributed by atoms with Crippen LogP contribution in [0.25, 0.3) is 0 Å². The molecule has 0 aromatic rings. The zero-order valence-electron chi connectivity index (χ0n) is 11.2. The third-order valence-electron chi connectivity index (χ3n) is 3.17. The third kappa shape index (κ3) is 5.48. The second-order valence-corrected chi connectivity index (χ2v) is 4.75. The SMILES string of the molecule is CNC(=O)CN1CCC(NC(C)COC)CC1.